The molecule has 0 radical (unpaired) electrons. The molecule has 1 N–H and O–H groups in total. The Morgan fingerprint density at radius 3 is 2.48 bits per heavy atom. The van der Waals surface area contributed by atoms with E-state index in [4.69, 9.17) is 11.6 Å². The normalized spacial score (nSPS) is 11.3. The standard InChI is InChI=1S/C17H12ClN3OS3/c1-23-17-20-12-7-6-11-14(15(12)25-17)24-16(19-11)21-13(22)8-9-2-4-10(18)5-3-9/h2-7H,8H2,1H3,(H,19,21,22). The van der Waals surface area contributed by atoms with Crippen molar-refractivity contribution in [2.24, 2.45) is 0 Å². The van der Waals surface area contributed by atoms with E-state index in [0.717, 1.165) is 30.3 Å². The second-order valence-electron chi connectivity index (χ2n) is 5.32. The van der Waals surface area contributed by atoms with Gasteiger partial charge in [-0.3, -0.25) is 4.79 Å². The highest BCUT2D eigenvalue weighted by Gasteiger charge is 2.13. The first kappa shape index (κ1) is 16.8. The van der Waals surface area contributed by atoms with E-state index in [0.29, 0.717) is 16.6 Å². The number of amides is 1. The molecule has 1 amide bonds. The Kier molecular flexibility index (Phi) is 4.64. The smallest absolute Gasteiger partial charge is 0.230 e. The van der Waals surface area contributed by atoms with Crippen LogP contribution in [0.5, 0.6) is 0 Å². The molecule has 0 spiro atoms. The number of benzene rings is 2. The predicted octanol–water partition coefficient (Wildman–Crippen LogP) is 5.46. The number of nitrogens with one attached hydrogen (secondary N) is 1. The predicted molar refractivity (Wildman–Crippen MR) is 108 cm³/mol. The number of carbonyl (C=O) groups excluding carboxylic acids is 1. The number of thiazole rings is 2. The average Bonchev–Trinajstić information content (AvgIpc) is 3.19. The minimum atomic E-state index is -0.0910. The van der Waals surface area contributed by atoms with Crippen molar-refractivity contribution in [1.29, 1.82) is 0 Å². The summed E-state index contributed by atoms with van der Waals surface area (Å²) in [4.78, 5) is 21.4. The number of thioether (sulfide) groups is 1. The zero-order valence-corrected chi connectivity index (χ0v) is 16.3. The fourth-order valence-electron chi connectivity index (χ4n) is 2.44. The third-order valence-corrected chi connectivity index (χ3v) is 7.05. The highest BCUT2D eigenvalue weighted by Crippen LogP contribution is 2.38. The Hall–Kier alpha value is -1.67. The lowest BCUT2D eigenvalue weighted by molar-refractivity contribution is -0.115. The Labute approximate surface area is 161 Å². The molecule has 0 atom stereocenters. The van der Waals surface area contributed by atoms with Crippen molar-refractivity contribution in [3.05, 3.63) is 47.0 Å². The first-order valence-corrected chi connectivity index (χ1v) is 10.6. The molecule has 4 aromatic rings. The molecule has 0 bridgehead atoms. The number of aromatic nitrogens is 2. The molecule has 0 fully saturated rings. The molecule has 4 rings (SSSR count). The van der Waals surface area contributed by atoms with Gasteiger partial charge in [-0.05, 0) is 36.1 Å². The van der Waals surface area contributed by atoms with Crippen molar-refractivity contribution in [1.82, 2.24) is 9.97 Å². The summed E-state index contributed by atoms with van der Waals surface area (Å²) in [5.74, 6) is -0.0910. The molecule has 0 aliphatic rings. The molecular weight excluding hydrogens is 394 g/mol. The number of rotatable bonds is 4. The van der Waals surface area contributed by atoms with Crippen LogP contribution in [0.2, 0.25) is 5.02 Å². The van der Waals surface area contributed by atoms with E-state index in [9.17, 15) is 4.79 Å². The summed E-state index contributed by atoms with van der Waals surface area (Å²) >= 11 is 10.7. The number of fused-ring (bicyclic) bond motifs is 3. The summed E-state index contributed by atoms with van der Waals surface area (Å²) < 4.78 is 3.22. The monoisotopic (exact) mass is 405 g/mol. The lowest BCUT2D eigenvalue weighted by Crippen LogP contribution is -2.14. The van der Waals surface area contributed by atoms with Gasteiger partial charge in [-0.1, -0.05) is 46.8 Å². The summed E-state index contributed by atoms with van der Waals surface area (Å²) in [6.45, 7) is 0. The molecule has 2 heterocycles. The van der Waals surface area contributed by atoms with Crippen LogP contribution in [0.25, 0.3) is 20.4 Å². The van der Waals surface area contributed by atoms with Crippen molar-refractivity contribution >= 4 is 77.5 Å². The lowest BCUT2D eigenvalue weighted by Gasteiger charge is -2.01. The second kappa shape index (κ2) is 6.92. The highest BCUT2D eigenvalue weighted by molar-refractivity contribution is 8.00. The van der Waals surface area contributed by atoms with Crippen LogP contribution < -0.4 is 5.32 Å². The molecule has 2 aromatic carbocycles. The molecule has 0 unspecified atom stereocenters. The molecule has 8 heteroatoms. The SMILES string of the molecule is CSc1nc2ccc3nc(NC(=O)Cc4ccc(Cl)cc4)sc3c2s1. The Balaban J connectivity index is 1.58. The molecule has 126 valence electrons. The van der Waals surface area contributed by atoms with Gasteiger partial charge in [-0.15, -0.1) is 11.3 Å². The molecule has 0 aliphatic heterocycles. The molecule has 0 saturated heterocycles. The van der Waals surface area contributed by atoms with E-state index in [1.165, 1.54) is 11.3 Å². The van der Waals surface area contributed by atoms with Crippen molar-refractivity contribution < 1.29 is 4.79 Å². The van der Waals surface area contributed by atoms with E-state index in [1.807, 2.05) is 30.5 Å². The van der Waals surface area contributed by atoms with Gasteiger partial charge in [0.05, 0.1) is 26.9 Å². The fourth-order valence-corrected chi connectivity index (χ4v) is 5.25. The quantitative estimate of drug-likeness (QED) is 0.458. The second-order valence-corrected chi connectivity index (χ2v) is 8.80. The Morgan fingerprint density at radius 2 is 1.76 bits per heavy atom. The molecule has 0 saturated carbocycles. The number of anilines is 1. The number of carbonyl (C=O) groups is 1. The van der Waals surface area contributed by atoms with Crippen molar-refractivity contribution in [3.8, 4) is 0 Å². The Bertz CT molecular complexity index is 1070. The van der Waals surface area contributed by atoms with E-state index in [2.05, 4.69) is 15.3 Å². The van der Waals surface area contributed by atoms with Crippen LogP contribution in [-0.2, 0) is 11.2 Å². The zero-order valence-electron chi connectivity index (χ0n) is 13.1. The van der Waals surface area contributed by atoms with Gasteiger partial charge in [-0.2, -0.15) is 0 Å². The van der Waals surface area contributed by atoms with Crippen LogP contribution >= 0.6 is 46.0 Å². The van der Waals surface area contributed by atoms with Crippen LogP contribution in [0, 0.1) is 0 Å². The maximum Gasteiger partial charge on any atom is 0.230 e. The zero-order chi connectivity index (χ0) is 17.4. The van der Waals surface area contributed by atoms with E-state index in [1.54, 1.807) is 35.2 Å². The first-order chi connectivity index (χ1) is 12.1. The van der Waals surface area contributed by atoms with E-state index >= 15 is 0 Å². The highest BCUT2D eigenvalue weighted by atomic mass is 35.5. The Morgan fingerprint density at radius 1 is 1.08 bits per heavy atom. The topological polar surface area (TPSA) is 54.9 Å². The third kappa shape index (κ3) is 3.50. The van der Waals surface area contributed by atoms with Gasteiger partial charge in [0.25, 0.3) is 0 Å². The fraction of sp³-hybridized carbons (Fsp3) is 0.118. The summed E-state index contributed by atoms with van der Waals surface area (Å²) in [6.07, 6.45) is 2.31. The van der Waals surface area contributed by atoms with Crippen molar-refractivity contribution in [2.45, 2.75) is 10.8 Å². The molecule has 25 heavy (non-hydrogen) atoms. The summed E-state index contributed by atoms with van der Waals surface area (Å²) in [6, 6.07) is 11.2. The van der Waals surface area contributed by atoms with Gasteiger partial charge in [0, 0.05) is 5.02 Å². The van der Waals surface area contributed by atoms with Crippen LogP contribution in [0.15, 0.2) is 40.7 Å². The van der Waals surface area contributed by atoms with Gasteiger partial charge in [0.15, 0.2) is 9.47 Å². The van der Waals surface area contributed by atoms with Crippen LogP contribution in [-0.4, -0.2) is 22.1 Å². The summed E-state index contributed by atoms with van der Waals surface area (Å²) in [5.41, 5.74) is 2.78. The van der Waals surface area contributed by atoms with E-state index in [-0.39, 0.29) is 5.91 Å². The summed E-state index contributed by atoms with van der Waals surface area (Å²) in [5, 5.41) is 4.17. The maximum absolute atomic E-state index is 12.3. The largest absolute Gasteiger partial charge is 0.302 e. The van der Waals surface area contributed by atoms with E-state index < -0.39 is 0 Å². The minimum Gasteiger partial charge on any atom is -0.302 e. The molecular formula is C17H12ClN3OS3. The van der Waals surface area contributed by atoms with Gasteiger partial charge < -0.3 is 5.32 Å². The maximum atomic E-state index is 12.3. The molecule has 2 aromatic heterocycles. The van der Waals surface area contributed by atoms with Crippen molar-refractivity contribution in [2.75, 3.05) is 11.6 Å². The average molecular weight is 406 g/mol. The lowest BCUT2D eigenvalue weighted by atomic mass is 10.1. The van der Waals surface area contributed by atoms with Crippen molar-refractivity contribution in [3.63, 3.8) is 0 Å². The van der Waals surface area contributed by atoms with Crippen LogP contribution in [0.3, 0.4) is 0 Å². The third-order valence-electron chi connectivity index (χ3n) is 3.59. The molecule has 4 nitrogen and oxygen atoms in total. The van der Waals surface area contributed by atoms with Crippen LogP contribution in [0.1, 0.15) is 5.56 Å². The van der Waals surface area contributed by atoms with Gasteiger partial charge in [0.1, 0.15) is 0 Å². The number of hydrogen-bond donors (Lipinski definition) is 1. The van der Waals surface area contributed by atoms with Gasteiger partial charge >= 0.3 is 0 Å². The number of nitrogens with zero attached hydrogens (tertiary/aromatic N) is 2. The van der Waals surface area contributed by atoms with Gasteiger partial charge in [-0.25, -0.2) is 9.97 Å². The summed E-state index contributed by atoms with van der Waals surface area (Å²) in [7, 11) is 0. The minimum absolute atomic E-state index is 0.0910. The van der Waals surface area contributed by atoms with Crippen LogP contribution in [0.4, 0.5) is 5.13 Å². The van der Waals surface area contributed by atoms with Gasteiger partial charge in [0.2, 0.25) is 5.91 Å². The first-order valence-electron chi connectivity index (χ1n) is 7.41. The number of hydrogen-bond acceptors (Lipinski definition) is 6. The number of halogens is 1. The molecule has 0 aliphatic carbocycles.